The zero-order chi connectivity index (χ0) is 15.4. The molecule has 3 rings (SSSR count). The summed E-state index contributed by atoms with van der Waals surface area (Å²) in [6.45, 7) is 0. The molecule has 0 saturated carbocycles. The summed E-state index contributed by atoms with van der Waals surface area (Å²) in [5, 5.41) is 0. The average molecular weight is 293 g/mol. The Morgan fingerprint density at radius 3 is 2.05 bits per heavy atom. The normalized spacial score (nSPS) is 10.3. The van der Waals surface area contributed by atoms with Crippen LogP contribution in [0, 0.1) is 0 Å². The largest absolute Gasteiger partial charge is 0.493 e. The van der Waals surface area contributed by atoms with Gasteiger partial charge in [0.25, 0.3) is 0 Å². The lowest BCUT2D eigenvalue weighted by Gasteiger charge is -2.07. The standard InChI is InChI=1S/C18H17N2O2/c1-21-17-4-3-16(13-18(17)22-2)20-11-7-15(8-12-20)14-5-9-19-10-6-14/h3-13H,1-2H3/q+1. The van der Waals surface area contributed by atoms with E-state index >= 15 is 0 Å². The number of nitrogens with zero attached hydrogens (tertiary/aromatic N) is 2. The Bertz CT molecular complexity index is 756. The van der Waals surface area contributed by atoms with Gasteiger partial charge in [-0.2, -0.15) is 4.57 Å². The summed E-state index contributed by atoms with van der Waals surface area (Å²) in [7, 11) is 3.27. The summed E-state index contributed by atoms with van der Waals surface area (Å²) in [4.78, 5) is 4.04. The number of hydrogen-bond acceptors (Lipinski definition) is 3. The highest BCUT2D eigenvalue weighted by Crippen LogP contribution is 2.27. The van der Waals surface area contributed by atoms with E-state index in [2.05, 4.69) is 17.1 Å². The van der Waals surface area contributed by atoms with E-state index in [1.165, 1.54) is 0 Å². The van der Waals surface area contributed by atoms with Gasteiger partial charge in [0.2, 0.25) is 5.69 Å². The third kappa shape index (κ3) is 2.76. The SMILES string of the molecule is COc1ccc(-[n+]2ccc(-c3ccncc3)cc2)cc1OC. The molecule has 3 aromatic rings. The molecule has 0 spiro atoms. The van der Waals surface area contributed by atoms with E-state index < -0.39 is 0 Å². The molecule has 1 aromatic carbocycles. The summed E-state index contributed by atoms with van der Waals surface area (Å²) in [6.07, 6.45) is 7.64. The first kappa shape index (κ1) is 14.1. The van der Waals surface area contributed by atoms with E-state index in [-0.39, 0.29) is 0 Å². The van der Waals surface area contributed by atoms with E-state index in [9.17, 15) is 0 Å². The van der Waals surface area contributed by atoms with Crippen molar-refractivity contribution in [2.24, 2.45) is 0 Å². The molecule has 4 nitrogen and oxygen atoms in total. The van der Waals surface area contributed by atoms with Crippen LogP contribution in [-0.2, 0) is 0 Å². The summed E-state index contributed by atoms with van der Waals surface area (Å²) in [5.74, 6) is 1.44. The van der Waals surface area contributed by atoms with Gasteiger partial charge in [-0.15, -0.1) is 0 Å². The second kappa shape index (κ2) is 6.26. The molecule has 0 radical (unpaired) electrons. The van der Waals surface area contributed by atoms with Crippen LogP contribution in [0.2, 0.25) is 0 Å². The minimum atomic E-state index is 0.714. The third-order valence-electron chi connectivity index (χ3n) is 3.51. The summed E-state index contributed by atoms with van der Waals surface area (Å²) >= 11 is 0. The molecule has 0 saturated heterocycles. The zero-order valence-corrected chi connectivity index (χ0v) is 12.6. The number of ether oxygens (including phenoxy) is 2. The van der Waals surface area contributed by atoms with Gasteiger partial charge in [-0.1, -0.05) is 0 Å². The molecule has 4 heteroatoms. The van der Waals surface area contributed by atoms with Gasteiger partial charge in [0.05, 0.1) is 20.3 Å². The van der Waals surface area contributed by atoms with Crippen LogP contribution in [0.15, 0.2) is 67.3 Å². The maximum absolute atomic E-state index is 5.35. The van der Waals surface area contributed by atoms with Crippen molar-refractivity contribution in [3.05, 3.63) is 67.3 Å². The lowest BCUT2D eigenvalue weighted by molar-refractivity contribution is -0.595. The second-order valence-corrected chi connectivity index (χ2v) is 4.77. The third-order valence-corrected chi connectivity index (χ3v) is 3.51. The Labute approximate surface area is 129 Å². The lowest BCUT2D eigenvalue weighted by Crippen LogP contribution is -2.29. The monoisotopic (exact) mass is 293 g/mol. The molecule has 0 atom stereocenters. The van der Waals surface area contributed by atoms with Gasteiger partial charge in [-0.25, -0.2) is 0 Å². The van der Waals surface area contributed by atoms with Gasteiger partial charge >= 0.3 is 0 Å². The van der Waals surface area contributed by atoms with Crippen molar-refractivity contribution in [3.63, 3.8) is 0 Å². The van der Waals surface area contributed by atoms with Crippen LogP contribution < -0.4 is 14.0 Å². The van der Waals surface area contributed by atoms with Crippen molar-refractivity contribution < 1.29 is 14.0 Å². The van der Waals surface area contributed by atoms with E-state index in [1.807, 2.05) is 47.3 Å². The number of pyridine rings is 2. The van der Waals surface area contributed by atoms with Gasteiger partial charge in [0.15, 0.2) is 23.9 Å². The van der Waals surface area contributed by atoms with Crippen LogP contribution in [-0.4, -0.2) is 19.2 Å². The van der Waals surface area contributed by atoms with Crippen molar-refractivity contribution in [3.8, 4) is 28.3 Å². The first-order valence-corrected chi connectivity index (χ1v) is 6.96. The highest BCUT2D eigenvalue weighted by molar-refractivity contribution is 5.61. The molecule has 2 aromatic heterocycles. The van der Waals surface area contributed by atoms with Crippen LogP contribution in [0.4, 0.5) is 0 Å². The van der Waals surface area contributed by atoms with Crippen LogP contribution in [0.5, 0.6) is 11.5 Å². The predicted molar refractivity (Wildman–Crippen MR) is 84.3 cm³/mol. The fourth-order valence-electron chi connectivity index (χ4n) is 2.32. The van der Waals surface area contributed by atoms with Crippen molar-refractivity contribution in [1.82, 2.24) is 4.98 Å². The Morgan fingerprint density at radius 1 is 0.773 bits per heavy atom. The molecule has 0 aliphatic carbocycles. The molecule has 0 amide bonds. The fraction of sp³-hybridized carbons (Fsp3) is 0.111. The second-order valence-electron chi connectivity index (χ2n) is 4.77. The average Bonchev–Trinajstić information content (AvgIpc) is 2.62. The van der Waals surface area contributed by atoms with E-state index in [1.54, 1.807) is 26.6 Å². The lowest BCUT2D eigenvalue weighted by atomic mass is 10.1. The molecular weight excluding hydrogens is 276 g/mol. The minimum Gasteiger partial charge on any atom is -0.493 e. The van der Waals surface area contributed by atoms with E-state index in [4.69, 9.17) is 9.47 Å². The molecular formula is C18H17N2O2+. The minimum absolute atomic E-state index is 0.714. The molecule has 0 bridgehead atoms. The van der Waals surface area contributed by atoms with Gasteiger partial charge in [0, 0.05) is 30.6 Å². The molecule has 0 aliphatic rings. The van der Waals surface area contributed by atoms with Gasteiger partial charge in [0.1, 0.15) is 0 Å². The highest BCUT2D eigenvalue weighted by atomic mass is 16.5. The topological polar surface area (TPSA) is 35.2 Å². The predicted octanol–water partition coefficient (Wildman–Crippen LogP) is 3.04. The van der Waals surface area contributed by atoms with Gasteiger partial charge in [-0.3, -0.25) is 4.98 Å². The molecule has 0 unspecified atom stereocenters. The van der Waals surface area contributed by atoms with E-state index in [0.29, 0.717) is 5.75 Å². The molecule has 0 aliphatic heterocycles. The summed E-state index contributed by atoms with van der Waals surface area (Å²) in [5.41, 5.74) is 3.31. The van der Waals surface area contributed by atoms with Crippen molar-refractivity contribution in [2.75, 3.05) is 14.2 Å². The van der Waals surface area contributed by atoms with Crippen LogP contribution in [0.1, 0.15) is 0 Å². The number of methoxy groups -OCH3 is 2. The smallest absolute Gasteiger partial charge is 0.214 e. The molecule has 2 heterocycles. The quantitative estimate of drug-likeness (QED) is 0.694. The van der Waals surface area contributed by atoms with Crippen molar-refractivity contribution in [1.29, 1.82) is 0 Å². The fourth-order valence-corrected chi connectivity index (χ4v) is 2.32. The number of aromatic nitrogens is 2. The first-order valence-electron chi connectivity index (χ1n) is 6.96. The van der Waals surface area contributed by atoms with Gasteiger partial charge < -0.3 is 9.47 Å². The highest BCUT2D eigenvalue weighted by Gasteiger charge is 2.11. The number of rotatable bonds is 4. The Morgan fingerprint density at radius 2 is 1.41 bits per heavy atom. The molecule has 22 heavy (non-hydrogen) atoms. The first-order chi connectivity index (χ1) is 10.8. The number of benzene rings is 1. The summed E-state index contributed by atoms with van der Waals surface area (Å²) in [6, 6.07) is 14.0. The van der Waals surface area contributed by atoms with E-state index in [0.717, 1.165) is 22.6 Å². The Kier molecular flexibility index (Phi) is 4.01. The molecule has 0 N–H and O–H groups in total. The van der Waals surface area contributed by atoms with Gasteiger partial charge in [-0.05, 0) is 29.3 Å². The molecule has 110 valence electrons. The van der Waals surface area contributed by atoms with Crippen LogP contribution in [0.3, 0.4) is 0 Å². The van der Waals surface area contributed by atoms with Crippen LogP contribution in [0.25, 0.3) is 16.8 Å². The van der Waals surface area contributed by atoms with Crippen molar-refractivity contribution in [2.45, 2.75) is 0 Å². The zero-order valence-electron chi connectivity index (χ0n) is 12.6. The maximum atomic E-state index is 5.35. The Hall–Kier alpha value is -2.88. The Balaban J connectivity index is 1.93. The maximum Gasteiger partial charge on any atom is 0.214 e. The molecule has 0 fully saturated rings. The number of hydrogen-bond donors (Lipinski definition) is 0. The van der Waals surface area contributed by atoms with Crippen molar-refractivity contribution >= 4 is 0 Å². The summed E-state index contributed by atoms with van der Waals surface area (Å²) < 4.78 is 12.6. The van der Waals surface area contributed by atoms with Crippen LogP contribution >= 0.6 is 0 Å².